The largest absolute Gasteiger partial charge is 0.485 e. The highest BCUT2D eigenvalue weighted by atomic mass is 19.1. The van der Waals surface area contributed by atoms with Crippen molar-refractivity contribution in [3.63, 3.8) is 0 Å². The summed E-state index contributed by atoms with van der Waals surface area (Å²) in [6.07, 6.45) is 2.06. The van der Waals surface area contributed by atoms with Gasteiger partial charge in [-0.2, -0.15) is 4.39 Å². The molecule has 0 spiro atoms. The first-order valence-electron chi connectivity index (χ1n) is 5.75. The topological polar surface area (TPSA) is 77.3 Å². The van der Waals surface area contributed by atoms with Crippen molar-refractivity contribution in [3.8, 4) is 5.75 Å². The van der Waals surface area contributed by atoms with Crippen LogP contribution < -0.4 is 10.1 Å². The molecule has 1 aromatic heterocycles. The Hall–Kier alpha value is -1.76. The van der Waals surface area contributed by atoms with Crippen LogP contribution in [0.5, 0.6) is 5.75 Å². The van der Waals surface area contributed by atoms with Gasteiger partial charge in [-0.3, -0.25) is 0 Å². The molecule has 98 valence electrons. The van der Waals surface area contributed by atoms with E-state index in [2.05, 4.69) is 10.3 Å². The maximum atomic E-state index is 13.6. The van der Waals surface area contributed by atoms with Gasteiger partial charge in [-0.15, -0.1) is 0 Å². The van der Waals surface area contributed by atoms with Gasteiger partial charge in [0.2, 0.25) is 5.75 Å². The molecule has 18 heavy (non-hydrogen) atoms. The average Bonchev–Trinajstić information content (AvgIpc) is 2.80. The molecule has 0 aromatic carbocycles. The highest BCUT2D eigenvalue weighted by molar-refractivity contribution is 5.37. The number of halogens is 1. The predicted octanol–water partition coefficient (Wildman–Crippen LogP) is 1.57. The van der Waals surface area contributed by atoms with Crippen molar-refractivity contribution >= 4 is 5.82 Å². The fourth-order valence-corrected chi connectivity index (χ4v) is 1.96. The van der Waals surface area contributed by atoms with E-state index < -0.39 is 16.7 Å². The molecule has 0 bridgehead atoms. The van der Waals surface area contributed by atoms with Crippen molar-refractivity contribution in [2.24, 2.45) is 0 Å². The zero-order chi connectivity index (χ0) is 13.1. The summed E-state index contributed by atoms with van der Waals surface area (Å²) in [7, 11) is 0. The van der Waals surface area contributed by atoms with Gasteiger partial charge in [-0.25, -0.2) is 0 Å². The molecule has 0 aliphatic carbocycles. The van der Waals surface area contributed by atoms with Crippen molar-refractivity contribution in [3.05, 3.63) is 27.7 Å². The second-order valence-corrected chi connectivity index (χ2v) is 4.28. The number of rotatable bonds is 4. The van der Waals surface area contributed by atoms with Gasteiger partial charge in [0.1, 0.15) is 6.61 Å². The van der Waals surface area contributed by atoms with E-state index in [1.165, 1.54) is 6.07 Å². The van der Waals surface area contributed by atoms with Gasteiger partial charge in [-0.05, 0) is 36.2 Å². The zero-order valence-corrected chi connectivity index (χ0v) is 9.98. The second-order valence-electron chi connectivity index (χ2n) is 4.28. The number of pyridine rings is 1. The van der Waals surface area contributed by atoms with Crippen molar-refractivity contribution in [2.75, 3.05) is 13.2 Å². The van der Waals surface area contributed by atoms with Crippen LogP contribution in [0.15, 0.2) is 6.07 Å². The molecule has 1 fully saturated rings. The third-order valence-corrected chi connectivity index (χ3v) is 2.88. The van der Waals surface area contributed by atoms with Gasteiger partial charge in [0.25, 0.3) is 0 Å². The van der Waals surface area contributed by atoms with E-state index in [1.807, 2.05) is 0 Å². The van der Waals surface area contributed by atoms with Gasteiger partial charge in [0.15, 0.2) is 0 Å². The fourth-order valence-electron chi connectivity index (χ4n) is 1.96. The summed E-state index contributed by atoms with van der Waals surface area (Å²) in [6, 6.07) is 1.42. The van der Waals surface area contributed by atoms with E-state index in [1.54, 1.807) is 6.92 Å². The van der Waals surface area contributed by atoms with Crippen molar-refractivity contribution in [2.45, 2.75) is 25.8 Å². The molecule has 2 rings (SSSR count). The third kappa shape index (κ3) is 2.73. The Labute approximate surface area is 103 Å². The Balaban J connectivity index is 2.10. The fraction of sp³-hybridized carbons (Fsp3) is 0.545. The summed E-state index contributed by atoms with van der Waals surface area (Å²) < 4.78 is 18.9. The summed E-state index contributed by atoms with van der Waals surface area (Å²) in [5, 5.41) is 13.7. The van der Waals surface area contributed by atoms with E-state index in [-0.39, 0.29) is 11.8 Å². The molecule has 0 unspecified atom stereocenters. The quantitative estimate of drug-likeness (QED) is 0.502. The van der Waals surface area contributed by atoms with Gasteiger partial charge < -0.3 is 20.2 Å². The van der Waals surface area contributed by atoms with E-state index in [9.17, 15) is 14.5 Å². The second kappa shape index (κ2) is 5.26. The first-order chi connectivity index (χ1) is 8.58. The monoisotopic (exact) mass is 255 g/mol. The highest BCUT2D eigenvalue weighted by Crippen LogP contribution is 2.25. The lowest BCUT2D eigenvalue weighted by Gasteiger charge is -2.12. The number of hydrogen-bond acceptors (Lipinski definition) is 5. The Morgan fingerprint density at radius 3 is 3.06 bits per heavy atom. The number of nitrogens with one attached hydrogen (secondary N) is 1. The van der Waals surface area contributed by atoms with Crippen LogP contribution in [0, 0.1) is 23.0 Å². The molecule has 2 heterocycles. The van der Waals surface area contributed by atoms with Crippen LogP contribution in [-0.4, -0.2) is 29.1 Å². The lowest BCUT2D eigenvalue weighted by Crippen LogP contribution is -2.28. The standard InChI is InChI=1S/C11H14FN3O3/c1-7-5-9(15(16)17)14-11(12)10(7)18-6-8-3-2-4-13-8/h5,8,13H,2-4,6H2,1H3/t8-/m0/s1. The van der Waals surface area contributed by atoms with Crippen LogP contribution in [0.4, 0.5) is 10.2 Å². The lowest BCUT2D eigenvalue weighted by molar-refractivity contribution is -0.390. The molecular weight excluding hydrogens is 241 g/mol. The zero-order valence-electron chi connectivity index (χ0n) is 9.98. The number of aromatic nitrogens is 1. The summed E-state index contributed by atoms with van der Waals surface area (Å²) in [4.78, 5) is 13.1. The van der Waals surface area contributed by atoms with Crippen molar-refractivity contribution in [1.82, 2.24) is 10.3 Å². The molecule has 1 N–H and O–H groups in total. The van der Waals surface area contributed by atoms with E-state index in [4.69, 9.17) is 4.74 Å². The molecular formula is C11H14FN3O3. The summed E-state index contributed by atoms with van der Waals surface area (Å²) in [5.41, 5.74) is 0.382. The van der Waals surface area contributed by atoms with Crippen LogP contribution >= 0.6 is 0 Å². The SMILES string of the molecule is Cc1cc([N+](=O)[O-])nc(F)c1OC[C@@H]1CCCN1. The summed E-state index contributed by atoms with van der Waals surface area (Å²) in [5.74, 6) is -1.44. The summed E-state index contributed by atoms with van der Waals surface area (Å²) >= 11 is 0. The Morgan fingerprint density at radius 2 is 2.50 bits per heavy atom. The lowest BCUT2D eigenvalue weighted by atomic mass is 10.2. The molecule has 0 amide bonds. The van der Waals surface area contributed by atoms with Crippen molar-refractivity contribution in [1.29, 1.82) is 0 Å². The minimum absolute atomic E-state index is 0.00528. The minimum atomic E-state index is -0.931. The third-order valence-electron chi connectivity index (χ3n) is 2.88. The van der Waals surface area contributed by atoms with Gasteiger partial charge in [-0.1, -0.05) is 0 Å². The molecule has 1 aromatic rings. The number of nitro groups is 1. The Bertz CT molecular complexity index is 438. The first-order valence-corrected chi connectivity index (χ1v) is 5.75. The number of nitrogens with zero attached hydrogens (tertiary/aromatic N) is 2. The normalized spacial score (nSPS) is 18.9. The van der Waals surface area contributed by atoms with Crippen LogP contribution in [0.25, 0.3) is 0 Å². The minimum Gasteiger partial charge on any atom is -0.485 e. The molecule has 6 nitrogen and oxygen atoms in total. The van der Waals surface area contributed by atoms with Crippen LogP contribution in [-0.2, 0) is 0 Å². The number of ether oxygens (including phenoxy) is 1. The van der Waals surface area contributed by atoms with E-state index in [0.29, 0.717) is 12.2 Å². The first kappa shape index (κ1) is 12.7. The number of aryl methyl sites for hydroxylation is 1. The van der Waals surface area contributed by atoms with Crippen LogP contribution in [0.3, 0.4) is 0 Å². The molecule has 0 saturated carbocycles. The molecule has 1 saturated heterocycles. The van der Waals surface area contributed by atoms with Crippen molar-refractivity contribution < 1.29 is 14.1 Å². The highest BCUT2D eigenvalue weighted by Gasteiger charge is 2.22. The Morgan fingerprint density at radius 1 is 1.72 bits per heavy atom. The Kier molecular flexibility index (Phi) is 3.71. The van der Waals surface area contributed by atoms with Crippen LogP contribution in [0.2, 0.25) is 0 Å². The molecule has 1 aliphatic rings. The number of hydrogen-bond donors (Lipinski definition) is 1. The molecule has 1 aliphatic heterocycles. The van der Waals surface area contributed by atoms with Gasteiger partial charge in [0.05, 0.1) is 0 Å². The molecule has 7 heteroatoms. The molecule has 1 atom stereocenters. The maximum absolute atomic E-state index is 13.6. The van der Waals surface area contributed by atoms with Crippen LogP contribution in [0.1, 0.15) is 18.4 Å². The van der Waals surface area contributed by atoms with Gasteiger partial charge >= 0.3 is 11.8 Å². The predicted molar refractivity (Wildman–Crippen MR) is 62.1 cm³/mol. The van der Waals surface area contributed by atoms with E-state index in [0.717, 1.165) is 19.4 Å². The average molecular weight is 255 g/mol. The van der Waals surface area contributed by atoms with Gasteiger partial charge in [0, 0.05) is 17.7 Å². The summed E-state index contributed by atoms with van der Waals surface area (Å²) in [6.45, 7) is 2.85. The smallest absolute Gasteiger partial charge is 0.367 e. The maximum Gasteiger partial charge on any atom is 0.367 e. The van der Waals surface area contributed by atoms with E-state index >= 15 is 0 Å². The molecule has 0 radical (unpaired) electrons.